The molecular formula is C21H13F6N3. The van der Waals surface area contributed by atoms with E-state index in [1.54, 1.807) is 17.0 Å². The zero-order valence-electron chi connectivity index (χ0n) is 15.2. The summed E-state index contributed by atoms with van der Waals surface area (Å²) in [5, 5.41) is 0. The van der Waals surface area contributed by atoms with E-state index in [-0.39, 0.29) is 11.5 Å². The van der Waals surface area contributed by atoms with Gasteiger partial charge >= 0.3 is 12.4 Å². The predicted molar refractivity (Wildman–Crippen MR) is 99.5 cm³/mol. The third kappa shape index (κ3) is 3.87. The second-order valence-electron chi connectivity index (χ2n) is 6.63. The number of hydrogen-bond donors (Lipinski definition) is 0. The maximum atomic E-state index is 12.8. The third-order valence-corrected chi connectivity index (χ3v) is 4.62. The van der Waals surface area contributed by atoms with Gasteiger partial charge in [-0.25, -0.2) is 9.98 Å². The molecule has 3 nitrogen and oxygen atoms in total. The van der Waals surface area contributed by atoms with Crippen LogP contribution in [0.2, 0.25) is 0 Å². The lowest BCUT2D eigenvalue weighted by Gasteiger charge is -2.19. The van der Waals surface area contributed by atoms with Gasteiger partial charge in [0.2, 0.25) is 0 Å². The molecule has 0 bridgehead atoms. The molecule has 1 aliphatic heterocycles. The molecule has 0 saturated heterocycles. The minimum Gasteiger partial charge on any atom is -0.306 e. The SMILES string of the molecule is FC(F)(F)c1ccc(/N=C2/c3ccccc3CN2c2ccc(C(F)(F)F)cn2)cc1. The molecule has 9 heteroatoms. The largest absolute Gasteiger partial charge is 0.417 e. The number of pyridine rings is 1. The first-order valence-corrected chi connectivity index (χ1v) is 8.78. The average molecular weight is 421 g/mol. The van der Waals surface area contributed by atoms with Crippen molar-refractivity contribution >= 4 is 17.3 Å². The van der Waals surface area contributed by atoms with Gasteiger partial charge in [0.1, 0.15) is 11.7 Å². The topological polar surface area (TPSA) is 28.5 Å². The summed E-state index contributed by atoms with van der Waals surface area (Å²) in [6, 6.07) is 13.8. The number of hydrogen-bond acceptors (Lipinski definition) is 2. The molecular weight excluding hydrogens is 408 g/mol. The maximum Gasteiger partial charge on any atom is 0.417 e. The molecule has 154 valence electrons. The van der Waals surface area contributed by atoms with Crippen LogP contribution in [0.5, 0.6) is 0 Å². The number of rotatable bonds is 2. The Morgan fingerprint density at radius 1 is 0.767 bits per heavy atom. The van der Waals surface area contributed by atoms with Crippen molar-refractivity contribution in [2.75, 3.05) is 4.90 Å². The Morgan fingerprint density at radius 2 is 1.40 bits per heavy atom. The van der Waals surface area contributed by atoms with Crippen molar-refractivity contribution in [3.05, 3.63) is 89.1 Å². The van der Waals surface area contributed by atoms with E-state index in [1.807, 2.05) is 12.1 Å². The van der Waals surface area contributed by atoms with Gasteiger partial charge in [-0.1, -0.05) is 24.3 Å². The van der Waals surface area contributed by atoms with Gasteiger partial charge in [0, 0.05) is 11.8 Å². The highest BCUT2D eigenvalue weighted by atomic mass is 19.4. The van der Waals surface area contributed by atoms with E-state index in [0.29, 0.717) is 12.4 Å². The summed E-state index contributed by atoms with van der Waals surface area (Å²) >= 11 is 0. The molecule has 0 spiro atoms. The number of nitrogens with zero attached hydrogens (tertiary/aromatic N) is 3. The summed E-state index contributed by atoms with van der Waals surface area (Å²) < 4.78 is 76.9. The average Bonchev–Trinajstić information content (AvgIpc) is 3.06. The van der Waals surface area contributed by atoms with Gasteiger partial charge in [0.05, 0.1) is 23.4 Å². The van der Waals surface area contributed by atoms with Crippen molar-refractivity contribution in [1.29, 1.82) is 0 Å². The van der Waals surface area contributed by atoms with Crippen LogP contribution in [0.3, 0.4) is 0 Å². The van der Waals surface area contributed by atoms with Crippen LogP contribution < -0.4 is 4.90 Å². The zero-order chi connectivity index (χ0) is 21.5. The van der Waals surface area contributed by atoms with E-state index in [1.165, 1.54) is 18.2 Å². The molecule has 0 radical (unpaired) electrons. The van der Waals surface area contributed by atoms with E-state index in [2.05, 4.69) is 9.98 Å². The highest BCUT2D eigenvalue weighted by molar-refractivity contribution is 6.14. The van der Waals surface area contributed by atoms with Gasteiger partial charge in [-0.3, -0.25) is 0 Å². The Labute approximate surface area is 167 Å². The molecule has 0 unspecified atom stereocenters. The van der Waals surface area contributed by atoms with Gasteiger partial charge in [0.15, 0.2) is 0 Å². The van der Waals surface area contributed by atoms with Crippen LogP contribution in [0.15, 0.2) is 71.9 Å². The molecule has 2 heterocycles. The van der Waals surface area contributed by atoms with E-state index in [4.69, 9.17) is 0 Å². The quantitative estimate of drug-likeness (QED) is 0.460. The molecule has 30 heavy (non-hydrogen) atoms. The number of amidine groups is 1. The van der Waals surface area contributed by atoms with Crippen molar-refractivity contribution in [2.45, 2.75) is 18.9 Å². The lowest BCUT2D eigenvalue weighted by atomic mass is 10.1. The monoisotopic (exact) mass is 421 g/mol. The van der Waals surface area contributed by atoms with Crippen molar-refractivity contribution in [1.82, 2.24) is 4.98 Å². The fraction of sp³-hybridized carbons (Fsp3) is 0.143. The number of aromatic nitrogens is 1. The molecule has 3 aromatic rings. The Kier molecular flexibility index (Phi) is 4.76. The lowest BCUT2D eigenvalue weighted by Crippen LogP contribution is -2.25. The normalized spacial score (nSPS) is 15.5. The van der Waals surface area contributed by atoms with Gasteiger partial charge in [0.25, 0.3) is 0 Å². The smallest absolute Gasteiger partial charge is 0.306 e. The maximum absolute atomic E-state index is 12.8. The van der Waals surface area contributed by atoms with E-state index in [0.717, 1.165) is 35.5 Å². The molecule has 0 saturated carbocycles. The zero-order valence-corrected chi connectivity index (χ0v) is 15.2. The standard InChI is InChI=1S/C21H13F6N3/c22-20(23,24)14-5-8-16(9-6-14)29-19-17-4-2-1-3-13(17)12-30(19)18-10-7-15(11-28-18)21(25,26)27/h1-11H,12H2/b29-19-. The highest BCUT2D eigenvalue weighted by Crippen LogP contribution is 2.34. The summed E-state index contributed by atoms with van der Waals surface area (Å²) in [7, 11) is 0. The van der Waals surface area contributed by atoms with Gasteiger partial charge in [-0.15, -0.1) is 0 Å². The molecule has 0 fully saturated rings. The van der Waals surface area contributed by atoms with Crippen LogP contribution in [0, 0.1) is 0 Å². The van der Waals surface area contributed by atoms with Crippen LogP contribution in [-0.2, 0) is 18.9 Å². The first kappa shape index (κ1) is 19.9. The first-order valence-electron chi connectivity index (χ1n) is 8.78. The van der Waals surface area contributed by atoms with Gasteiger partial charge in [-0.05, 0) is 42.0 Å². The van der Waals surface area contributed by atoms with Crippen LogP contribution >= 0.6 is 0 Å². The first-order chi connectivity index (χ1) is 14.1. The summed E-state index contributed by atoms with van der Waals surface area (Å²) in [4.78, 5) is 10.0. The summed E-state index contributed by atoms with van der Waals surface area (Å²) in [5.41, 5.74) is 0.235. The summed E-state index contributed by atoms with van der Waals surface area (Å²) in [6.45, 7) is 0.327. The fourth-order valence-corrected chi connectivity index (χ4v) is 3.14. The van der Waals surface area contributed by atoms with Gasteiger partial charge < -0.3 is 4.90 Å². The molecule has 0 amide bonds. The van der Waals surface area contributed by atoms with Crippen LogP contribution in [0.25, 0.3) is 0 Å². The number of aliphatic imine (C=N–C) groups is 1. The van der Waals surface area contributed by atoms with Crippen LogP contribution in [-0.4, -0.2) is 10.8 Å². The van der Waals surface area contributed by atoms with Crippen molar-refractivity contribution in [2.24, 2.45) is 4.99 Å². The second-order valence-corrected chi connectivity index (χ2v) is 6.63. The minimum atomic E-state index is -4.50. The second kappa shape index (κ2) is 7.16. The van der Waals surface area contributed by atoms with Crippen molar-refractivity contribution in [3.63, 3.8) is 0 Å². The van der Waals surface area contributed by atoms with E-state index in [9.17, 15) is 26.3 Å². The highest BCUT2D eigenvalue weighted by Gasteiger charge is 2.33. The predicted octanol–water partition coefficient (Wildman–Crippen LogP) is 6.22. The Bertz CT molecular complexity index is 1080. The molecule has 2 aromatic carbocycles. The number of fused-ring (bicyclic) bond motifs is 1. The number of benzene rings is 2. The number of anilines is 1. The third-order valence-electron chi connectivity index (χ3n) is 4.62. The molecule has 0 N–H and O–H groups in total. The Hall–Kier alpha value is -3.36. The van der Waals surface area contributed by atoms with Crippen molar-refractivity contribution < 1.29 is 26.3 Å². The number of alkyl halides is 6. The Balaban J connectivity index is 1.73. The lowest BCUT2D eigenvalue weighted by molar-refractivity contribution is -0.138. The van der Waals surface area contributed by atoms with E-state index < -0.39 is 23.5 Å². The minimum absolute atomic E-state index is 0.255. The molecule has 4 rings (SSSR count). The molecule has 1 aliphatic rings. The summed E-state index contributed by atoms with van der Waals surface area (Å²) in [6.07, 6.45) is -8.22. The van der Waals surface area contributed by atoms with Crippen LogP contribution in [0.4, 0.5) is 37.8 Å². The van der Waals surface area contributed by atoms with Crippen LogP contribution in [0.1, 0.15) is 22.3 Å². The Morgan fingerprint density at radius 3 is 2.00 bits per heavy atom. The molecule has 0 atom stereocenters. The van der Waals surface area contributed by atoms with E-state index >= 15 is 0 Å². The summed E-state index contributed by atoms with van der Waals surface area (Å²) in [5.74, 6) is 0.655. The molecule has 0 aliphatic carbocycles. The van der Waals surface area contributed by atoms with Gasteiger partial charge in [-0.2, -0.15) is 26.3 Å². The number of halogens is 6. The van der Waals surface area contributed by atoms with Crippen molar-refractivity contribution in [3.8, 4) is 0 Å². The fourth-order valence-electron chi connectivity index (χ4n) is 3.14. The molecule has 1 aromatic heterocycles.